The van der Waals surface area contributed by atoms with Crippen LogP contribution >= 0.6 is 0 Å². The van der Waals surface area contributed by atoms with Gasteiger partial charge in [-0.1, -0.05) is 6.07 Å². The van der Waals surface area contributed by atoms with Crippen LogP contribution in [0.1, 0.15) is 18.4 Å². The molecule has 0 aromatic heterocycles. The number of nitrogens with one attached hydrogen (secondary N) is 1. The Morgan fingerprint density at radius 2 is 2.38 bits per heavy atom. The van der Waals surface area contributed by atoms with Gasteiger partial charge in [0.15, 0.2) is 0 Å². The third-order valence-corrected chi connectivity index (χ3v) is 2.63. The van der Waals surface area contributed by atoms with Crippen LogP contribution in [0.25, 0.3) is 0 Å². The number of hydrogen-bond donors (Lipinski definition) is 2. The molecule has 0 aliphatic carbocycles. The molecule has 1 atom stereocenters. The second-order valence-electron chi connectivity index (χ2n) is 4.01. The molecular formula is C12H15NO3. The first kappa shape index (κ1) is 11.0. The zero-order valence-electron chi connectivity index (χ0n) is 9.19. The van der Waals surface area contributed by atoms with Crippen LogP contribution < -0.4 is 5.32 Å². The molecule has 16 heavy (non-hydrogen) atoms. The van der Waals surface area contributed by atoms with Crippen molar-refractivity contribution in [2.24, 2.45) is 0 Å². The fourth-order valence-electron chi connectivity index (χ4n) is 1.75. The number of rotatable bonds is 2. The van der Waals surface area contributed by atoms with E-state index < -0.39 is 0 Å². The number of aryl methyl sites for hydroxylation is 1. The van der Waals surface area contributed by atoms with Gasteiger partial charge in [0.05, 0.1) is 5.69 Å². The van der Waals surface area contributed by atoms with Crippen molar-refractivity contribution < 1.29 is 14.6 Å². The average Bonchev–Trinajstić information content (AvgIpc) is 2.76. The van der Waals surface area contributed by atoms with Crippen LogP contribution in [0.3, 0.4) is 0 Å². The Balaban J connectivity index is 2.07. The van der Waals surface area contributed by atoms with E-state index in [0.29, 0.717) is 12.3 Å². The van der Waals surface area contributed by atoms with Gasteiger partial charge < -0.3 is 15.2 Å². The Labute approximate surface area is 94.2 Å². The molecule has 0 bridgehead atoms. The lowest BCUT2D eigenvalue weighted by Crippen LogP contribution is -2.26. The minimum absolute atomic E-state index is 0.0805. The lowest BCUT2D eigenvalue weighted by Gasteiger charge is -2.11. The smallest absolute Gasteiger partial charge is 0.253 e. The van der Waals surface area contributed by atoms with Crippen molar-refractivity contribution in [3.8, 4) is 5.75 Å². The lowest BCUT2D eigenvalue weighted by molar-refractivity contribution is -0.124. The average molecular weight is 221 g/mol. The van der Waals surface area contributed by atoms with E-state index in [1.807, 2.05) is 6.92 Å². The van der Waals surface area contributed by atoms with Crippen molar-refractivity contribution >= 4 is 11.6 Å². The summed E-state index contributed by atoms with van der Waals surface area (Å²) < 4.78 is 5.26. The summed E-state index contributed by atoms with van der Waals surface area (Å²) in [7, 11) is 0. The first-order valence-corrected chi connectivity index (χ1v) is 5.39. The largest absolute Gasteiger partial charge is 0.506 e. The van der Waals surface area contributed by atoms with E-state index in [9.17, 15) is 9.90 Å². The van der Waals surface area contributed by atoms with Gasteiger partial charge in [0.1, 0.15) is 11.9 Å². The highest BCUT2D eigenvalue weighted by Crippen LogP contribution is 2.25. The highest BCUT2D eigenvalue weighted by atomic mass is 16.5. The maximum absolute atomic E-state index is 11.7. The van der Waals surface area contributed by atoms with E-state index >= 15 is 0 Å². The molecule has 1 aromatic rings. The molecule has 0 saturated carbocycles. The Hall–Kier alpha value is -1.55. The van der Waals surface area contributed by atoms with Crippen LogP contribution in [0.2, 0.25) is 0 Å². The number of hydrogen-bond acceptors (Lipinski definition) is 3. The van der Waals surface area contributed by atoms with Crippen molar-refractivity contribution in [2.45, 2.75) is 25.9 Å². The number of ether oxygens (including phenoxy) is 1. The third kappa shape index (κ3) is 2.33. The molecule has 1 fully saturated rings. The van der Waals surface area contributed by atoms with Crippen molar-refractivity contribution in [3.05, 3.63) is 23.8 Å². The number of carbonyl (C=O) groups excluding carboxylic acids is 1. The van der Waals surface area contributed by atoms with Crippen LogP contribution in [-0.2, 0) is 9.53 Å². The summed E-state index contributed by atoms with van der Waals surface area (Å²) in [4.78, 5) is 11.7. The number of phenols is 1. The van der Waals surface area contributed by atoms with E-state index in [1.165, 1.54) is 0 Å². The third-order valence-electron chi connectivity index (χ3n) is 2.63. The first-order chi connectivity index (χ1) is 7.66. The van der Waals surface area contributed by atoms with Crippen molar-refractivity contribution in [1.29, 1.82) is 0 Å². The number of anilines is 1. The van der Waals surface area contributed by atoms with Gasteiger partial charge in [-0.25, -0.2) is 0 Å². The van der Waals surface area contributed by atoms with Gasteiger partial charge in [-0.2, -0.15) is 0 Å². The number of carbonyl (C=O) groups is 1. The van der Waals surface area contributed by atoms with Crippen LogP contribution in [0.5, 0.6) is 5.75 Å². The second-order valence-corrected chi connectivity index (χ2v) is 4.01. The molecule has 2 N–H and O–H groups in total. The maximum Gasteiger partial charge on any atom is 0.253 e. The van der Waals surface area contributed by atoms with Gasteiger partial charge in [0, 0.05) is 6.61 Å². The zero-order valence-corrected chi connectivity index (χ0v) is 9.19. The Kier molecular flexibility index (Phi) is 3.10. The lowest BCUT2D eigenvalue weighted by atomic mass is 10.2. The Morgan fingerprint density at radius 3 is 3.06 bits per heavy atom. The molecule has 1 saturated heterocycles. The summed E-state index contributed by atoms with van der Waals surface area (Å²) in [5.41, 5.74) is 1.43. The van der Waals surface area contributed by atoms with Gasteiger partial charge in [-0.05, 0) is 37.5 Å². The number of amides is 1. The van der Waals surface area contributed by atoms with E-state index in [0.717, 1.165) is 18.4 Å². The molecule has 1 aliphatic rings. The molecule has 4 nitrogen and oxygen atoms in total. The van der Waals surface area contributed by atoms with E-state index in [1.54, 1.807) is 18.2 Å². The molecule has 0 radical (unpaired) electrons. The van der Waals surface area contributed by atoms with Gasteiger partial charge in [-0.15, -0.1) is 0 Å². The first-order valence-electron chi connectivity index (χ1n) is 5.39. The number of aromatic hydroxyl groups is 1. The van der Waals surface area contributed by atoms with Gasteiger partial charge >= 0.3 is 0 Å². The van der Waals surface area contributed by atoms with Crippen molar-refractivity contribution in [1.82, 2.24) is 0 Å². The molecule has 4 heteroatoms. The van der Waals surface area contributed by atoms with Crippen LogP contribution in [0.4, 0.5) is 5.69 Å². The fourth-order valence-corrected chi connectivity index (χ4v) is 1.75. The van der Waals surface area contributed by atoms with E-state index in [4.69, 9.17) is 4.74 Å². The predicted molar refractivity (Wildman–Crippen MR) is 60.4 cm³/mol. The standard InChI is InChI=1S/C12H15NO3/c1-8-4-5-10(14)9(7-8)13-12(15)11-3-2-6-16-11/h4-5,7,11,14H,2-3,6H2,1H3,(H,13,15)/t11-/m1/s1. The molecule has 0 unspecified atom stereocenters. The zero-order chi connectivity index (χ0) is 11.5. The molecule has 2 rings (SSSR count). The predicted octanol–water partition coefficient (Wildman–Crippen LogP) is 1.82. The summed E-state index contributed by atoms with van der Waals surface area (Å²) in [6.07, 6.45) is 1.29. The topological polar surface area (TPSA) is 58.6 Å². The summed E-state index contributed by atoms with van der Waals surface area (Å²) in [5.74, 6) is -0.102. The van der Waals surface area contributed by atoms with Gasteiger partial charge in [0.2, 0.25) is 0 Å². The fraction of sp³-hybridized carbons (Fsp3) is 0.417. The van der Waals surface area contributed by atoms with E-state index in [2.05, 4.69) is 5.32 Å². The van der Waals surface area contributed by atoms with E-state index in [-0.39, 0.29) is 17.8 Å². The van der Waals surface area contributed by atoms with Crippen molar-refractivity contribution in [3.63, 3.8) is 0 Å². The minimum Gasteiger partial charge on any atom is -0.506 e. The molecular weight excluding hydrogens is 206 g/mol. The van der Waals surface area contributed by atoms with Crippen LogP contribution in [0.15, 0.2) is 18.2 Å². The highest BCUT2D eigenvalue weighted by molar-refractivity contribution is 5.95. The quantitative estimate of drug-likeness (QED) is 0.749. The SMILES string of the molecule is Cc1ccc(O)c(NC(=O)[C@H]2CCCO2)c1. The second kappa shape index (κ2) is 4.53. The monoisotopic (exact) mass is 221 g/mol. The van der Waals surface area contributed by atoms with Crippen molar-refractivity contribution in [2.75, 3.05) is 11.9 Å². The highest BCUT2D eigenvalue weighted by Gasteiger charge is 2.24. The summed E-state index contributed by atoms with van der Waals surface area (Å²) in [6, 6.07) is 5.10. The molecule has 1 amide bonds. The summed E-state index contributed by atoms with van der Waals surface area (Å²) >= 11 is 0. The molecule has 1 aromatic carbocycles. The van der Waals surface area contributed by atoms with Gasteiger partial charge in [0.25, 0.3) is 5.91 Å². The van der Waals surface area contributed by atoms with Gasteiger partial charge in [-0.3, -0.25) is 4.79 Å². The normalized spacial score (nSPS) is 19.7. The van der Waals surface area contributed by atoms with Crippen LogP contribution in [-0.4, -0.2) is 23.7 Å². The molecule has 1 heterocycles. The number of phenolic OH excluding ortho intramolecular Hbond substituents is 1. The number of benzene rings is 1. The summed E-state index contributed by atoms with van der Waals surface area (Å²) in [5, 5.41) is 12.3. The molecule has 86 valence electrons. The van der Waals surface area contributed by atoms with Crippen LogP contribution in [0, 0.1) is 6.92 Å². The summed E-state index contributed by atoms with van der Waals surface area (Å²) in [6.45, 7) is 2.54. The minimum atomic E-state index is -0.375. The molecule has 0 spiro atoms. The Bertz CT molecular complexity index is 397. The Morgan fingerprint density at radius 1 is 1.56 bits per heavy atom. The maximum atomic E-state index is 11.7. The molecule has 1 aliphatic heterocycles.